The monoisotopic (exact) mass is 420 g/mol. The molecule has 0 atom stereocenters. The molecule has 0 aliphatic carbocycles. The van der Waals surface area contributed by atoms with E-state index in [-0.39, 0.29) is 17.2 Å². The minimum Gasteiger partial charge on any atom is -0.378 e. The van der Waals surface area contributed by atoms with Crippen molar-refractivity contribution >= 4 is 40.1 Å². The average molecular weight is 420 g/mol. The van der Waals surface area contributed by atoms with Crippen LogP contribution in [0.25, 0.3) is 16.7 Å². The van der Waals surface area contributed by atoms with Crippen molar-refractivity contribution in [3.05, 3.63) is 71.1 Å². The minimum atomic E-state index is -0.234. The fourth-order valence-electron chi connectivity index (χ4n) is 2.95. The van der Waals surface area contributed by atoms with Gasteiger partial charge in [-0.05, 0) is 36.4 Å². The van der Waals surface area contributed by atoms with Crippen LogP contribution in [0.15, 0.2) is 70.7 Å². The summed E-state index contributed by atoms with van der Waals surface area (Å²) in [7, 11) is 3.92. The third-order valence-electron chi connectivity index (χ3n) is 4.47. The zero-order chi connectivity index (χ0) is 21.1. The van der Waals surface area contributed by atoms with Gasteiger partial charge in [0.1, 0.15) is 5.39 Å². The number of aromatic amines is 1. The lowest BCUT2D eigenvalue weighted by atomic mass is 10.2. The maximum absolute atomic E-state index is 13.0. The number of rotatable bonds is 6. The van der Waals surface area contributed by atoms with Crippen LogP contribution in [0.4, 0.5) is 11.4 Å². The number of thioether (sulfide) groups is 1. The molecular formula is C21H20N6O2S. The van der Waals surface area contributed by atoms with Crippen LogP contribution in [-0.2, 0) is 4.79 Å². The molecule has 0 saturated carbocycles. The molecule has 8 nitrogen and oxygen atoms in total. The van der Waals surface area contributed by atoms with Crippen LogP contribution in [0.3, 0.4) is 0 Å². The van der Waals surface area contributed by atoms with E-state index in [1.54, 1.807) is 0 Å². The summed E-state index contributed by atoms with van der Waals surface area (Å²) in [6, 6.07) is 16.8. The zero-order valence-electron chi connectivity index (χ0n) is 16.5. The second-order valence-electron chi connectivity index (χ2n) is 6.78. The Morgan fingerprint density at radius 2 is 1.87 bits per heavy atom. The molecule has 1 amide bonds. The van der Waals surface area contributed by atoms with Crippen molar-refractivity contribution in [2.75, 3.05) is 30.1 Å². The number of fused-ring (bicyclic) bond motifs is 1. The Kier molecular flexibility index (Phi) is 5.53. The number of H-pyrrole nitrogens is 1. The second-order valence-corrected chi connectivity index (χ2v) is 7.72. The van der Waals surface area contributed by atoms with Crippen LogP contribution < -0.4 is 15.8 Å². The van der Waals surface area contributed by atoms with Gasteiger partial charge in [-0.2, -0.15) is 5.10 Å². The van der Waals surface area contributed by atoms with E-state index in [0.29, 0.717) is 27.6 Å². The van der Waals surface area contributed by atoms with Crippen LogP contribution in [-0.4, -0.2) is 45.5 Å². The first-order chi connectivity index (χ1) is 14.5. The van der Waals surface area contributed by atoms with Crippen molar-refractivity contribution < 1.29 is 4.79 Å². The molecule has 0 radical (unpaired) electrons. The lowest BCUT2D eigenvalue weighted by molar-refractivity contribution is -0.113. The molecule has 152 valence electrons. The first kappa shape index (κ1) is 19.7. The van der Waals surface area contributed by atoms with Gasteiger partial charge in [-0.3, -0.25) is 19.3 Å². The Bertz CT molecular complexity index is 1230. The predicted octanol–water partition coefficient (Wildman–Crippen LogP) is 2.91. The Balaban J connectivity index is 1.56. The summed E-state index contributed by atoms with van der Waals surface area (Å²) in [6.45, 7) is 0. The molecule has 0 aliphatic rings. The maximum Gasteiger partial charge on any atom is 0.269 e. The summed E-state index contributed by atoms with van der Waals surface area (Å²) in [5.41, 5.74) is 2.60. The van der Waals surface area contributed by atoms with Gasteiger partial charge in [-0.1, -0.05) is 30.0 Å². The van der Waals surface area contributed by atoms with Crippen molar-refractivity contribution in [1.29, 1.82) is 0 Å². The standard InChI is InChI=1S/C21H20N6O2S/c1-26(2)15-10-8-14(9-11-15)23-18(28)13-30-21-24-19-17(12-22-25-19)20(29)27(21)16-6-4-3-5-7-16/h3-12H,13H2,1-2H3,(H,22,25)(H,23,28). The first-order valence-corrected chi connectivity index (χ1v) is 10.2. The molecule has 2 N–H and O–H groups in total. The quantitative estimate of drug-likeness (QED) is 0.368. The average Bonchev–Trinajstić information content (AvgIpc) is 3.22. The minimum absolute atomic E-state index is 0.106. The summed E-state index contributed by atoms with van der Waals surface area (Å²) >= 11 is 1.19. The second kappa shape index (κ2) is 8.42. The molecule has 30 heavy (non-hydrogen) atoms. The normalized spacial score (nSPS) is 10.9. The molecule has 0 unspecified atom stereocenters. The topological polar surface area (TPSA) is 95.9 Å². The van der Waals surface area contributed by atoms with Crippen molar-refractivity contribution in [2.24, 2.45) is 0 Å². The molecule has 2 aromatic heterocycles. The number of benzene rings is 2. The smallest absolute Gasteiger partial charge is 0.269 e. The van der Waals surface area contributed by atoms with Gasteiger partial charge in [0.05, 0.1) is 17.6 Å². The van der Waals surface area contributed by atoms with Crippen molar-refractivity contribution in [2.45, 2.75) is 5.16 Å². The zero-order valence-corrected chi connectivity index (χ0v) is 17.3. The molecule has 2 aromatic carbocycles. The van der Waals surface area contributed by atoms with E-state index in [9.17, 15) is 9.59 Å². The fourth-order valence-corrected chi connectivity index (χ4v) is 3.75. The van der Waals surface area contributed by atoms with E-state index in [4.69, 9.17) is 0 Å². The highest BCUT2D eigenvalue weighted by Gasteiger charge is 2.16. The van der Waals surface area contributed by atoms with E-state index in [1.807, 2.05) is 73.6 Å². The van der Waals surface area contributed by atoms with Gasteiger partial charge in [0.15, 0.2) is 10.8 Å². The number of hydrogen-bond acceptors (Lipinski definition) is 6. The molecule has 2 heterocycles. The van der Waals surface area contributed by atoms with E-state index in [0.717, 1.165) is 5.69 Å². The Hall–Kier alpha value is -3.59. The Morgan fingerprint density at radius 1 is 1.13 bits per heavy atom. The summed E-state index contributed by atoms with van der Waals surface area (Å²) in [5.74, 6) is -0.0786. The summed E-state index contributed by atoms with van der Waals surface area (Å²) < 4.78 is 1.50. The number of aromatic nitrogens is 4. The van der Waals surface area contributed by atoms with E-state index in [2.05, 4.69) is 20.5 Å². The van der Waals surface area contributed by atoms with E-state index in [1.165, 1.54) is 22.5 Å². The van der Waals surface area contributed by atoms with Gasteiger partial charge in [-0.15, -0.1) is 0 Å². The molecule has 0 fully saturated rings. The van der Waals surface area contributed by atoms with Crippen molar-refractivity contribution in [3.8, 4) is 5.69 Å². The number of para-hydroxylation sites is 1. The third-order valence-corrected chi connectivity index (χ3v) is 5.40. The molecule has 0 bridgehead atoms. The van der Waals surface area contributed by atoms with Gasteiger partial charge in [-0.25, -0.2) is 4.98 Å². The summed E-state index contributed by atoms with van der Waals surface area (Å²) in [6.07, 6.45) is 1.46. The van der Waals surface area contributed by atoms with Gasteiger partial charge < -0.3 is 10.2 Å². The van der Waals surface area contributed by atoms with Gasteiger partial charge in [0.2, 0.25) is 5.91 Å². The van der Waals surface area contributed by atoms with Crippen LogP contribution in [0.1, 0.15) is 0 Å². The highest BCUT2D eigenvalue weighted by atomic mass is 32.2. The van der Waals surface area contributed by atoms with Crippen molar-refractivity contribution in [1.82, 2.24) is 19.7 Å². The number of carbonyl (C=O) groups is 1. The molecular weight excluding hydrogens is 400 g/mol. The highest BCUT2D eigenvalue weighted by molar-refractivity contribution is 7.99. The van der Waals surface area contributed by atoms with Gasteiger partial charge in [0.25, 0.3) is 5.56 Å². The van der Waals surface area contributed by atoms with Gasteiger partial charge >= 0.3 is 0 Å². The lowest BCUT2D eigenvalue weighted by Crippen LogP contribution is -2.22. The van der Waals surface area contributed by atoms with E-state index < -0.39 is 0 Å². The maximum atomic E-state index is 13.0. The number of hydrogen-bond donors (Lipinski definition) is 2. The Labute approximate surface area is 176 Å². The summed E-state index contributed by atoms with van der Waals surface area (Å²) in [4.78, 5) is 31.9. The molecule has 9 heteroatoms. The molecule has 0 aliphatic heterocycles. The van der Waals surface area contributed by atoms with Crippen LogP contribution >= 0.6 is 11.8 Å². The predicted molar refractivity (Wildman–Crippen MR) is 120 cm³/mol. The number of nitrogens with one attached hydrogen (secondary N) is 2. The van der Waals surface area contributed by atoms with Crippen LogP contribution in [0.5, 0.6) is 0 Å². The number of carbonyl (C=O) groups excluding carboxylic acids is 1. The largest absolute Gasteiger partial charge is 0.378 e. The van der Waals surface area contributed by atoms with E-state index >= 15 is 0 Å². The molecule has 4 rings (SSSR count). The number of nitrogens with zero attached hydrogens (tertiary/aromatic N) is 4. The number of amides is 1. The fraction of sp³-hybridized carbons (Fsp3) is 0.143. The van der Waals surface area contributed by atoms with Crippen LogP contribution in [0, 0.1) is 0 Å². The molecule has 4 aromatic rings. The molecule has 0 saturated heterocycles. The van der Waals surface area contributed by atoms with Crippen LogP contribution in [0.2, 0.25) is 0 Å². The third kappa shape index (κ3) is 4.06. The van der Waals surface area contributed by atoms with Crippen molar-refractivity contribution in [3.63, 3.8) is 0 Å². The number of anilines is 2. The Morgan fingerprint density at radius 3 is 2.57 bits per heavy atom. The first-order valence-electron chi connectivity index (χ1n) is 9.24. The SMILES string of the molecule is CN(C)c1ccc(NC(=O)CSc2nc3[nH]ncc3c(=O)n2-c2ccccc2)cc1. The lowest BCUT2D eigenvalue weighted by Gasteiger charge is -2.13. The summed E-state index contributed by atoms with van der Waals surface area (Å²) in [5, 5.41) is 10.3. The van der Waals surface area contributed by atoms with Gasteiger partial charge in [0, 0.05) is 25.5 Å². The highest BCUT2D eigenvalue weighted by Crippen LogP contribution is 2.21. The molecule has 0 spiro atoms.